The minimum atomic E-state index is -4.32. The van der Waals surface area contributed by atoms with Crippen LogP contribution in [0.2, 0.25) is 0 Å². The van der Waals surface area contributed by atoms with E-state index in [0.717, 1.165) is 0 Å². The number of carbonyl (C=O) groups is 2. The summed E-state index contributed by atoms with van der Waals surface area (Å²) in [6, 6.07) is 13.1. The molecule has 0 radical (unpaired) electrons. The molecule has 0 aliphatic carbocycles. The number of hydrogen-bond donors (Lipinski definition) is 1. The lowest BCUT2D eigenvalue weighted by atomic mass is 10.2. The predicted molar refractivity (Wildman–Crippen MR) is 101 cm³/mol. The number of halogens is 3. The first-order valence-corrected chi connectivity index (χ1v) is 9.38. The molecule has 1 N–H and O–H groups in total. The van der Waals surface area contributed by atoms with Crippen LogP contribution in [0.3, 0.4) is 0 Å². The minimum absolute atomic E-state index is 0.267. The fourth-order valence-electron chi connectivity index (χ4n) is 2.71. The zero-order valence-electron chi connectivity index (χ0n) is 14.8. The van der Waals surface area contributed by atoms with E-state index in [1.165, 1.54) is 17.0 Å². The van der Waals surface area contributed by atoms with Crippen molar-refractivity contribution in [1.29, 1.82) is 0 Å². The number of thioether (sulfide) groups is 1. The van der Waals surface area contributed by atoms with Crippen LogP contribution in [0.25, 0.3) is 0 Å². The van der Waals surface area contributed by atoms with Crippen LogP contribution in [0.15, 0.2) is 53.4 Å². The third kappa shape index (κ3) is 4.78. The van der Waals surface area contributed by atoms with Crippen molar-refractivity contribution in [3.8, 4) is 5.75 Å². The molecule has 1 atom stereocenters. The third-order valence-corrected chi connectivity index (χ3v) is 5.07. The summed E-state index contributed by atoms with van der Waals surface area (Å²) < 4.78 is 43.0. The number of ether oxygens (including phenoxy) is 1. The molecule has 28 heavy (non-hydrogen) atoms. The van der Waals surface area contributed by atoms with Gasteiger partial charge in [0, 0.05) is 4.90 Å². The van der Waals surface area contributed by atoms with E-state index in [0.29, 0.717) is 28.1 Å². The van der Waals surface area contributed by atoms with Crippen molar-refractivity contribution in [1.82, 2.24) is 0 Å². The van der Waals surface area contributed by atoms with E-state index in [-0.39, 0.29) is 18.1 Å². The van der Waals surface area contributed by atoms with Crippen molar-refractivity contribution in [2.45, 2.75) is 24.1 Å². The molecule has 2 amide bonds. The second kappa shape index (κ2) is 8.14. The summed E-state index contributed by atoms with van der Waals surface area (Å²) in [6.07, 6.45) is -5.06. The number of alkyl halides is 3. The Morgan fingerprint density at radius 2 is 1.86 bits per heavy atom. The van der Waals surface area contributed by atoms with Crippen molar-refractivity contribution in [3.05, 3.63) is 48.5 Å². The van der Waals surface area contributed by atoms with Gasteiger partial charge < -0.3 is 10.1 Å². The van der Waals surface area contributed by atoms with Crippen LogP contribution in [0.1, 0.15) is 6.92 Å². The average Bonchev–Trinajstić information content (AvgIpc) is 2.64. The second-order valence-electron chi connectivity index (χ2n) is 6.10. The molecule has 9 heteroatoms. The Morgan fingerprint density at radius 1 is 1.18 bits per heavy atom. The molecule has 0 bridgehead atoms. The quantitative estimate of drug-likeness (QED) is 0.755. The molecule has 3 rings (SSSR count). The Bertz CT molecular complexity index is 889. The van der Waals surface area contributed by atoms with Crippen LogP contribution >= 0.6 is 11.8 Å². The van der Waals surface area contributed by atoms with Crippen molar-refractivity contribution in [2.75, 3.05) is 22.5 Å². The lowest BCUT2D eigenvalue weighted by Gasteiger charge is -2.32. The van der Waals surface area contributed by atoms with Gasteiger partial charge in [0.15, 0.2) is 6.10 Å². The highest BCUT2D eigenvalue weighted by Gasteiger charge is 2.32. The van der Waals surface area contributed by atoms with Crippen LogP contribution in [-0.2, 0) is 9.59 Å². The molecule has 0 aromatic heterocycles. The van der Waals surface area contributed by atoms with Crippen LogP contribution < -0.4 is 15.0 Å². The van der Waals surface area contributed by atoms with Crippen LogP contribution in [-0.4, -0.2) is 36.4 Å². The monoisotopic (exact) mass is 410 g/mol. The van der Waals surface area contributed by atoms with E-state index in [9.17, 15) is 22.8 Å². The summed E-state index contributed by atoms with van der Waals surface area (Å²) in [6.45, 7) is 1.31. The van der Waals surface area contributed by atoms with Crippen molar-refractivity contribution >= 4 is 35.0 Å². The van der Waals surface area contributed by atoms with Gasteiger partial charge in [-0.3, -0.25) is 14.5 Å². The summed E-state index contributed by atoms with van der Waals surface area (Å²) >= 11 is 0.591. The molecular weight excluding hydrogens is 393 g/mol. The Labute approximate surface area is 163 Å². The number of anilines is 2. The first-order valence-electron chi connectivity index (χ1n) is 8.40. The number of hydrogen-bond acceptors (Lipinski definition) is 4. The molecule has 2 aromatic carbocycles. The maximum absolute atomic E-state index is 12.5. The van der Waals surface area contributed by atoms with E-state index in [1.807, 2.05) is 0 Å². The number of rotatable bonds is 5. The van der Waals surface area contributed by atoms with Crippen molar-refractivity contribution < 1.29 is 27.5 Å². The highest BCUT2D eigenvalue weighted by Crippen LogP contribution is 2.34. The summed E-state index contributed by atoms with van der Waals surface area (Å²) in [5.74, 6) is -1.46. The molecule has 1 aliphatic heterocycles. The van der Waals surface area contributed by atoms with Crippen molar-refractivity contribution in [2.24, 2.45) is 0 Å². The average molecular weight is 410 g/mol. The third-order valence-electron chi connectivity index (χ3n) is 3.93. The fraction of sp³-hybridized carbons (Fsp3) is 0.263. The van der Waals surface area contributed by atoms with Gasteiger partial charge in [0.1, 0.15) is 12.3 Å². The number of nitrogens with one attached hydrogen (secondary N) is 1. The number of fused-ring (bicyclic) bond motifs is 1. The number of amides is 2. The number of nitrogens with zero attached hydrogens (tertiary/aromatic N) is 1. The lowest BCUT2D eigenvalue weighted by Crippen LogP contribution is -2.47. The highest BCUT2D eigenvalue weighted by atomic mass is 32.2. The molecule has 5 nitrogen and oxygen atoms in total. The second-order valence-corrected chi connectivity index (χ2v) is 7.12. The van der Waals surface area contributed by atoms with Gasteiger partial charge >= 0.3 is 6.18 Å². The summed E-state index contributed by atoms with van der Waals surface area (Å²) in [7, 11) is 0. The maximum Gasteiger partial charge on any atom is 0.398 e. The van der Waals surface area contributed by atoms with E-state index < -0.39 is 23.9 Å². The van der Waals surface area contributed by atoms with Crippen LogP contribution in [0, 0.1) is 0 Å². The van der Waals surface area contributed by atoms with Gasteiger partial charge in [0.05, 0.1) is 17.1 Å². The molecular formula is C19H17F3N2O3S. The van der Waals surface area contributed by atoms with Gasteiger partial charge in [0.2, 0.25) is 5.91 Å². The fourth-order valence-corrected chi connectivity index (χ4v) is 3.48. The minimum Gasteiger partial charge on any atom is -0.479 e. The van der Waals surface area contributed by atoms with E-state index >= 15 is 0 Å². The predicted octanol–water partition coefficient (Wildman–Crippen LogP) is 4.09. The number of carbonyl (C=O) groups excluding carboxylic acids is 2. The maximum atomic E-state index is 12.5. The normalized spacial score (nSPS) is 16.4. The molecule has 0 spiro atoms. The van der Waals surface area contributed by atoms with Crippen molar-refractivity contribution in [3.63, 3.8) is 0 Å². The molecule has 0 saturated heterocycles. The molecule has 0 fully saturated rings. The SMILES string of the molecule is CC1Oc2ccccc2N(CC(=O)Nc2ccccc2SCC(F)(F)F)C1=O. The number of benzene rings is 2. The van der Waals surface area contributed by atoms with Gasteiger partial charge in [-0.15, -0.1) is 11.8 Å². The van der Waals surface area contributed by atoms with Gasteiger partial charge in [-0.05, 0) is 31.2 Å². The smallest absolute Gasteiger partial charge is 0.398 e. The molecule has 1 unspecified atom stereocenters. The molecule has 0 saturated carbocycles. The number of para-hydroxylation sites is 3. The van der Waals surface area contributed by atoms with Gasteiger partial charge in [-0.2, -0.15) is 13.2 Å². The van der Waals surface area contributed by atoms with Crippen LogP contribution in [0.4, 0.5) is 24.5 Å². The van der Waals surface area contributed by atoms with E-state index in [1.54, 1.807) is 43.3 Å². The Balaban J connectivity index is 1.74. The zero-order valence-corrected chi connectivity index (χ0v) is 15.6. The molecule has 1 heterocycles. The van der Waals surface area contributed by atoms with Gasteiger partial charge in [-0.1, -0.05) is 24.3 Å². The molecule has 1 aliphatic rings. The van der Waals surface area contributed by atoms with E-state index in [2.05, 4.69) is 5.32 Å². The summed E-state index contributed by atoms with van der Waals surface area (Å²) in [5, 5.41) is 2.60. The molecule has 2 aromatic rings. The summed E-state index contributed by atoms with van der Waals surface area (Å²) in [5.41, 5.74) is 0.740. The molecule has 148 valence electrons. The Morgan fingerprint density at radius 3 is 2.61 bits per heavy atom. The van der Waals surface area contributed by atoms with Gasteiger partial charge in [-0.25, -0.2) is 0 Å². The topological polar surface area (TPSA) is 58.6 Å². The highest BCUT2D eigenvalue weighted by molar-refractivity contribution is 7.99. The largest absolute Gasteiger partial charge is 0.479 e. The zero-order chi connectivity index (χ0) is 20.3. The van der Waals surface area contributed by atoms with E-state index in [4.69, 9.17) is 4.74 Å². The lowest BCUT2D eigenvalue weighted by molar-refractivity contribution is -0.127. The summed E-state index contributed by atoms with van der Waals surface area (Å²) in [4.78, 5) is 26.6. The Hall–Kier alpha value is -2.68. The van der Waals surface area contributed by atoms with Crippen LogP contribution in [0.5, 0.6) is 5.75 Å². The van der Waals surface area contributed by atoms with Gasteiger partial charge in [0.25, 0.3) is 5.91 Å². The first-order chi connectivity index (χ1) is 13.2. The first kappa shape index (κ1) is 20.1. The standard InChI is InChI=1S/C19H17F3N2O3S/c1-12-18(26)24(14-7-3-4-8-15(14)27-12)10-17(25)23-13-6-2-5-9-16(13)28-11-19(20,21)22/h2-9,12H,10-11H2,1H3,(H,23,25). The Kier molecular flexibility index (Phi) is 5.83.